The summed E-state index contributed by atoms with van der Waals surface area (Å²) in [6, 6.07) is 22.8. The van der Waals surface area contributed by atoms with Crippen LogP contribution in [0.1, 0.15) is 18.1 Å². The predicted octanol–water partition coefficient (Wildman–Crippen LogP) is 5.63. The highest BCUT2D eigenvalue weighted by Crippen LogP contribution is 2.32. The molecule has 2 heteroatoms. The SMILES string of the molecule is CCc1ccc(OCc2ccccc2)c(-c2ccc(F)cc2)c1. The van der Waals surface area contributed by atoms with Crippen molar-refractivity contribution in [3.63, 3.8) is 0 Å². The van der Waals surface area contributed by atoms with Crippen molar-refractivity contribution < 1.29 is 9.13 Å². The van der Waals surface area contributed by atoms with Crippen LogP contribution in [0.4, 0.5) is 4.39 Å². The van der Waals surface area contributed by atoms with Gasteiger partial charge in [0.05, 0.1) is 0 Å². The van der Waals surface area contributed by atoms with Gasteiger partial charge in [0.15, 0.2) is 0 Å². The first-order valence-corrected chi connectivity index (χ1v) is 7.82. The number of hydrogen-bond acceptors (Lipinski definition) is 1. The standard InChI is InChI=1S/C21H19FO/c1-2-16-8-13-21(23-15-17-6-4-3-5-7-17)20(14-16)18-9-11-19(22)12-10-18/h3-14H,2,15H2,1H3. The van der Waals surface area contributed by atoms with E-state index in [2.05, 4.69) is 19.1 Å². The molecular weight excluding hydrogens is 287 g/mol. The molecule has 3 aromatic carbocycles. The van der Waals surface area contributed by atoms with Gasteiger partial charge < -0.3 is 4.74 Å². The van der Waals surface area contributed by atoms with Crippen LogP contribution in [0.2, 0.25) is 0 Å². The van der Waals surface area contributed by atoms with Gasteiger partial charge in [-0.3, -0.25) is 0 Å². The van der Waals surface area contributed by atoms with E-state index in [4.69, 9.17) is 4.74 Å². The maximum atomic E-state index is 13.2. The molecule has 1 nitrogen and oxygen atoms in total. The lowest BCUT2D eigenvalue weighted by molar-refractivity contribution is 0.307. The van der Waals surface area contributed by atoms with Crippen molar-refractivity contribution in [2.45, 2.75) is 20.0 Å². The van der Waals surface area contributed by atoms with Crippen molar-refractivity contribution in [3.05, 3.63) is 89.7 Å². The molecular formula is C21H19FO. The fourth-order valence-electron chi connectivity index (χ4n) is 2.51. The molecule has 0 unspecified atom stereocenters. The Morgan fingerprint density at radius 1 is 0.826 bits per heavy atom. The summed E-state index contributed by atoms with van der Waals surface area (Å²) >= 11 is 0. The van der Waals surface area contributed by atoms with Crippen molar-refractivity contribution in [2.75, 3.05) is 0 Å². The van der Waals surface area contributed by atoms with Gasteiger partial charge in [-0.25, -0.2) is 4.39 Å². The first-order valence-electron chi connectivity index (χ1n) is 7.82. The second-order valence-corrected chi connectivity index (χ2v) is 5.47. The molecule has 0 bridgehead atoms. The van der Waals surface area contributed by atoms with Crippen LogP contribution < -0.4 is 4.74 Å². The van der Waals surface area contributed by atoms with E-state index < -0.39 is 0 Å². The van der Waals surface area contributed by atoms with Gasteiger partial charge in [-0.05, 0) is 47.4 Å². The van der Waals surface area contributed by atoms with Crippen LogP contribution in [0.15, 0.2) is 72.8 Å². The fourth-order valence-corrected chi connectivity index (χ4v) is 2.51. The average molecular weight is 306 g/mol. The van der Waals surface area contributed by atoms with Crippen molar-refractivity contribution in [1.82, 2.24) is 0 Å². The molecule has 23 heavy (non-hydrogen) atoms. The van der Waals surface area contributed by atoms with Crippen LogP contribution in [-0.2, 0) is 13.0 Å². The number of hydrogen-bond donors (Lipinski definition) is 0. The lowest BCUT2D eigenvalue weighted by atomic mass is 10.0. The van der Waals surface area contributed by atoms with Crippen molar-refractivity contribution in [2.24, 2.45) is 0 Å². The minimum Gasteiger partial charge on any atom is -0.488 e. The Bertz CT molecular complexity index is 764. The van der Waals surface area contributed by atoms with E-state index in [1.807, 2.05) is 36.4 Å². The van der Waals surface area contributed by atoms with Crippen LogP contribution in [0, 0.1) is 5.82 Å². The molecule has 0 aromatic heterocycles. The smallest absolute Gasteiger partial charge is 0.127 e. The molecule has 0 fully saturated rings. The van der Waals surface area contributed by atoms with E-state index in [0.717, 1.165) is 28.9 Å². The fraction of sp³-hybridized carbons (Fsp3) is 0.143. The van der Waals surface area contributed by atoms with Gasteiger partial charge in [-0.2, -0.15) is 0 Å². The number of halogens is 1. The van der Waals surface area contributed by atoms with Crippen LogP contribution in [0.25, 0.3) is 11.1 Å². The second kappa shape index (κ2) is 7.10. The number of rotatable bonds is 5. The third kappa shape index (κ3) is 3.78. The van der Waals surface area contributed by atoms with E-state index in [1.54, 1.807) is 12.1 Å². The van der Waals surface area contributed by atoms with Gasteiger partial charge in [0.25, 0.3) is 0 Å². The molecule has 0 aliphatic heterocycles. The number of aryl methyl sites for hydroxylation is 1. The maximum Gasteiger partial charge on any atom is 0.127 e. The third-order valence-electron chi connectivity index (χ3n) is 3.84. The Morgan fingerprint density at radius 3 is 2.26 bits per heavy atom. The maximum absolute atomic E-state index is 13.2. The first kappa shape index (κ1) is 15.3. The van der Waals surface area contributed by atoms with E-state index in [1.165, 1.54) is 17.7 Å². The number of benzene rings is 3. The van der Waals surface area contributed by atoms with Crippen LogP contribution in [0.5, 0.6) is 5.75 Å². The van der Waals surface area contributed by atoms with E-state index in [0.29, 0.717) is 6.61 Å². The molecule has 0 amide bonds. The van der Waals surface area contributed by atoms with Gasteiger partial charge >= 0.3 is 0 Å². The van der Waals surface area contributed by atoms with Gasteiger partial charge in [0, 0.05) is 5.56 Å². The molecule has 0 aliphatic carbocycles. The Kier molecular flexibility index (Phi) is 4.72. The average Bonchev–Trinajstić information content (AvgIpc) is 2.61. The zero-order valence-electron chi connectivity index (χ0n) is 13.1. The topological polar surface area (TPSA) is 9.23 Å². The molecule has 0 saturated carbocycles. The quantitative estimate of drug-likeness (QED) is 0.593. The van der Waals surface area contributed by atoms with Crippen molar-refractivity contribution in [3.8, 4) is 16.9 Å². The summed E-state index contributed by atoms with van der Waals surface area (Å²) < 4.78 is 19.2. The molecule has 3 rings (SSSR count). The summed E-state index contributed by atoms with van der Waals surface area (Å²) in [6.45, 7) is 2.63. The molecule has 0 radical (unpaired) electrons. The minimum absolute atomic E-state index is 0.229. The summed E-state index contributed by atoms with van der Waals surface area (Å²) in [5.74, 6) is 0.588. The van der Waals surface area contributed by atoms with E-state index in [9.17, 15) is 4.39 Å². The molecule has 116 valence electrons. The Hall–Kier alpha value is -2.61. The summed E-state index contributed by atoms with van der Waals surface area (Å²) in [6.07, 6.45) is 0.952. The largest absolute Gasteiger partial charge is 0.488 e. The van der Waals surface area contributed by atoms with Crippen molar-refractivity contribution in [1.29, 1.82) is 0 Å². The van der Waals surface area contributed by atoms with Crippen molar-refractivity contribution >= 4 is 0 Å². The second-order valence-electron chi connectivity index (χ2n) is 5.47. The number of ether oxygens (including phenoxy) is 1. The van der Waals surface area contributed by atoms with Gasteiger partial charge in [-0.1, -0.05) is 55.5 Å². The normalized spacial score (nSPS) is 10.5. The highest BCUT2D eigenvalue weighted by molar-refractivity contribution is 5.71. The highest BCUT2D eigenvalue weighted by atomic mass is 19.1. The van der Waals surface area contributed by atoms with Gasteiger partial charge in [-0.15, -0.1) is 0 Å². The Labute approximate surface area is 136 Å². The monoisotopic (exact) mass is 306 g/mol. The molecule has 0 spiro atoms. The molecule has 0 atom stereocenters. The molecule has 0 saturated heterocycles. The van der Waals surface area contributed by atoms with Crippen LogP contribution >= 0.6 is 0 Å². The Balaban J connectivity index is 1.91. The molecule has 3 aromatic rings. The minimum atomic E-state index is -0.229. The third-order valence-corrected chi connectivity index (χ3v) is 3.84. The van der Waals surface area contributed by atoms with Gasteiger partial charge in [0.1, 0.15) is 18.2 Å². The lowest BCUT2D eigenvalue weighted by Crippen LogP contribution is -1.97. The summed E-state index contributed by atoms with van der Waals surface area (Å²) in [7, 11) is 0. The summed E-state index contributed by atoms with van der Waals surface area (Å²) in [5, 5.41) is 0. The lowest BCUT2D eigenvalue weighted by Gasteiger charge is -2.13. The first-order chi connectivity index (χ1) is 11.3. The Morgan fingerprint density at radius 2 is 1.57 bits per heavy atom. The zero-order chi connectivity index (χ0) is 16.1. The summed E-state index contributed by atoms with van der Waals surface area (Å²) in [5.41, 5.74) is 4.32. The molecule has 0 N–H and O–H groups in total. The van der Waals surface area contributed by atoms with Crippen LogP contribution in [0.3, 0.4) is 0 Å². The predicted molar refractivity (Wildman–Crippen MR) is 92.0 cm³/mol. The van der Waals surface area contributed by atoms with E-state index in [-0.39, 0.29) is 5.82 Å². The molecule has 0 aliphatic rings. The summed E-state index contributed by atoms with van der Waals surface area (Å²) in [4.78, 5) is 0. The zero-order valence-corrected chi connectivity index (χ0v) is 13.1. The highest BCUT2D eigenvalue weighted by Gasteiger charge is 2.08. The van der Waals surface area contributed by atoms with E-state index >= 15 is 0 Å². The van der Waals surface area contributed by atoms with Crippen LogP contribution in [-0.4, -0.2) is 0 Å². The van der Waals surface area contributed by atoms with Gasteiger partial charge in [0.2, 0.25) is 0 Å². The molecule has 0 heterocycles.